The van der Waals surface area contributed by atoms with Crippen molar-refractivity contribution < 1.29 is 4.79 Å². The monoisotopic (exact) mass is 252 g/mol. The molecule has 3 nitrogen and oxygen atoms in total. The second-order valence-electron chi connectivity index (χ2n) is 4.74. The minimum atomic E-state index is 0.0188. The molecule has 0 atom stereocenters. The van der Waals surface area contributed by atoms with Crippen LogP contribution in [0.15, 0.2) is 0 Å². The van der Waals surface area contributed by atoms with E-state index in [1.165, 1.54) is 35.7 Å². The maximum atomic E-state index is 12.1. The Morgan fingerprint density at radius 2 is 2.12 bits per heavy atom. The fraction of sp³-hybridized carbons (Fsp3) is 0.692. The van der Waals surface area contributed by atoms with Crippen molar-refractivity contribution >= 4 is 17.4 Å². The topological polar surface area (TPSA) is 42.0 Å². The van der Waals surface area contributed by atoms with Crippen molar-refractivity contribution in [1.29, 1.82) is 0 Å². The smallest absolute Gasteiger partial charge is 0.271 e. The molecule has 1 aliphatic carbocycles. The van der Waals surface area contributed by atoms with Gasteiger partial charge in [0.1, 0.15) is 5.69 Å². The molecule has 0 unspecified atom stereocenters. The molecule has 1 aromatic heterocycles. The molecule has 0 bridgehead atoms. The average Bonchev–Trinajstić information content (AvgIpc) is 2.71. The zero-order valence-electron chi connectivity index (χ0n) is 10.6. The molecule has 94 valence electrons. The Labute approximate surface area is 107 Å². The first-order chi connectivity index (χ1) is 8.22. The van der Waals surface area contributed by atoms with Crippen molar-refractivity contribution in [3.05, 3.63) is 16.1 Å². The number of carbonyl (C=O) groups excluding carboxylic acids is 1. The summed E-state index contributed by atoms with van der Waals surface area (Å²) in [6.45, 7) is 4.10. The molecular weight excluding hydrogens is 232 g/mol. The highest BCUT2D eigenvalue weighted by Gasteiger charge is 2.20. The number of nitrogens with one attached hydrogen (secondary N) is 1. The lowest BCUT2D eigenvalue weighted by atomic mass is 9.95. The van der Waals surface area contributed by atoms with E-state index in [-0.39, 0.29) is 5.91 Å². The van der Waals surface area contributed by atoms with Crippen LogP contribution in [-0.2, 0) is 6.42 Å². The molecule has 0 radical (unpaired) electrons. The van der Waals surface area contributed by atoms with Gasteiger partial charge in [-0.25, -0.2) is 0 Å². The molecule has 1 N–H and O–H groups in total. The summed E-state index contributed by atoms with van der Waals surface area (Å²) in [5.41, 5.74) is 1.70. The van der Waals surface area contributed by atoms with Gasteiger partial charge in [-0.1, -0.05) is 26.2 Å². The molecule has 0 aromatic carbocycles. The predicted molar refractivity (Wildman–Crippen MR) is 70.6 cm³/mol. The Balaban J connectivity index is 2.01. The van der Waals surface area contributed by atoms with Gasteiger partial charge >= 0.3 is 0 Å². The van der Waals surface area contributed by atoms with Crippen molar-refractivity contribution in [2.45, 2.75) is 58.4 Å². The van der Waals surface area contributed by atoms with Crippen LogP contribution < -0.4 is 5.32 Å². The molecule has 1 fully saturated rings. The van der Waals surface area contributed by atoms with Gasteiger partial charge in [-0.05, 0) is 43.3 Å². The lowest BCUT2D eigenvalue weighted by Crippen LogP contribution is -2.36. The molecule has 1 saturated carbocycles. The van der Waals surface area contributed by atoms with Gasteiger partial charge in [0.25, 0.3) is 5.91 Å². The van der Waals surface area contributed by atoms with Crippen LogP contribution in [0.4, 0.5) is 0 Å². The molecule has 1 aliphatic rings. The number of rotatable bonds is 3. The number of aryl methyl sites for hydroxylation is 1. The third kappa shape index (κ3) is 2.86. The molecule has 1 amide bonds. The first-order valence-corrected chi connectivity index (χ1v) is 7.25. The van der Waals surface area contributed by atoms with Crippen LogP contribution in [0.1, 0.15) is 60.0 Å². The fourth-order valence-electron chi connectivity index (χ4n) is 2.41. The van der Waals surface area contributed by atoms with Crippen LogP contribution in [-0.4, -0.2) is 16.3 Å². The molecule has 0 aliphatic heterocycles. The highest BCUT2D eigenvalue weighted by Crippen LogP contribution is 2.21. The SMILES string of the molecule is CCc1snc(C(=O)NC2CCCCC2)c1C. The van der Waals surface area contributed by atoms with Crippen LogP contribution in [0.25, 0.3) is 0 Å². The third-order valence-corrected chi connectivity index (χ3v) is 4.59. The lowest BCUT2D eigenvalue weighted by molar-refractivity contribution is 0.0923. The Kier molecular flexibility index (Phi) is 4.15. The van der Waals surface area contributed by atoms with Gasteiger partial charge in [0.15, 0.2) is 0 Å². The van der Waals surface area contributed by atoms with E-state index in [0.717, 1.165) is 24.8 Å². The van der Waals surface area contributed by atoms with Crippen molar-refractivity contribution in [3.63, 3.8) is 0 Å². The van der Waals surface area contributed by atoms with Gasteiger partial charge in [-0.3, -0.25) is 4.79 Å². The van der Waals surface area contributed by atoms with E-state index in [9.17, 15) is 4.79 Å². The summed E-state index contributed by atoms with van der Waals surface area (Å²) in [6, 6.07) is 0.363. The lowest BCUT2D eigenvalue weighted by Gasteiger charge is -2.22. The Bertz CT molecular complexity index is 394. The molecule has 1 heterocycles. The number of carbonyl (C=O) groups is 1. The van der Waals surface area contributed by atoms with Gasteiger partial charge in [0.05, 0.1) is 0 Å². The largest absolute Gasteiger partial charge is 0.348 e. The van der Waals surface area contributed by atoms with Gasteiger partial charge in [-0.2, -0.15) is 4.37 Å². The van der Waals surface area contributed by atoms with E-state index >= 15 is 0 Å². The van der Waals surface area contributed by atoms with E-state index in [1.807, 2.05) is 6.92 Å². The van der Waals surface area contributed by atoms with E-state index in [0.29, 0.717) is 11.7 Å². The maximum Gasteiger partial charge on any atom is 0.271 e. The molecule has 0 spiro atoms. The summed E-state index contributed by atoms with van der Waals surface area (Å²) in [5, 5.41) is 3.12. The second kappa shape index (κ2) is 5.63. The first-order valence-electron chi connectivity index (χ1n) is 6.48. The van der Waals surface area contributed by atoms with E-state index in [1.54, 1.807) is 0 Å². The fourth-order valence-corrected chi connectivity index (χ4v) is 3.20. The Hall–Kier alpha value is -0.900. The van der Waals surface area contributed by atoms with Crippen LogP contribution in [0, 0.1) is 6.92 Å². The summed E-state index contributed by atoms with van der Waals surface area (Å²) in [7, 11) is 0. The minimum Gasteiger partial charge on any atom is -0.348 e. The standard InChI is InChI=1S/C13H20N2OS/c1-3-11-9(2)12(15-17-11)13(16)14-10-7-5-4-6-8-10/h10H,3-8H2,1-2H3,(H,14,16). The summed E-state index contributed by atoms with van der Waals surface area (Å²) < 4.78 is 4.28. The quantitative estimate of drug-likeness (QED) is 0.898. The molecule has 17 heavy (non-hydrogen) atoms. The number of amides is 1. The van der Waals surface area contributed by atoms with Crippen molar-refractivity contribution in [2.24, 2.45) is 0 Å². The van der Waals surface area contributed by atoms with E-state index < -0.39 is 0 Å². The Morgan fingerprint density at radius 3 is 2.71 bits per heavy atom. The van der Waals surface area contributed by atoms with Gasteiger partial charge in [0.2, 0.25) is 0 Å². The summed E-state index contributed by atoms with van der Waals surface area (Å²) in [6.07, 6.45) is 6.98. The number of nitrogens with zero attached hydrogens (tertiary/aromatic N) is 1. The summed E-state index contributed by atoms with van der Waals surface area (Å²) in [4.78, 5) is 13.3. The van der Waals surface area contributed by atoms with Gasteiger partial charge in [0, 0.05) is 10.9 Å². The second-order valence-corrected chi connectivity index (χ2v) is 5.60. The van der Waals surface area contributed by atoms with Crippen LogP contribution in [0.5, 0.6) is 0 Å². The zero-order chi connectivity index (χ0) is 12.3. The normalized spacial score (nSPS) is 17.1. The molecule has 4 heteroatoms. The molecule has 2 rings (SSSR count). The zero-order valence-corrected chi connectivity index (χ0v) is 11.4. The van der Waals surface area contributed by atoms with E-state index in [4.69, 9.17) is 0 Å². The third-order valence-electron chi connectivity index (χ3n) is 3.50. The van der Waals surface area contributed by atoms with Crippen molar-refractivity contribution in [2.75, 3.05) is 0 Å². The van der Waals surface area contributed by atoms with Crippen LogP contribution in [0.2, 0.25) is 0 Å². The summed E-state index contributed by atoms with van der Waals surface area (Å²) in [5.74, 6) is 0.0188. The highest BCUT2D eigenvalue weighted by atomic mass is 32.1. The van der Waals surface area contributed by atoms with Gasteiger partial charge < -0.3 is 5.32 Å². The summed E-state index contributed by atoms with van der Waals surface area (Å²) >= 11 is 1.46. The van der Waals surface area contributed by atoms with Crippen LogP contribution in [0.3, 0.4) is 0 Å². The maximum absolute atomic E-state index is 12.1. The first kappa shape index (κ1) is 12.6. The number of hydrogen-bond donors (Lipinski definition) is 1. The molecule has 1 aromatic rings. The van der Waals surface area contributed by atoms with Crippen molar-refractivity contribution in [1.82, 2.24) is 9.69 Å². The molecular formula is C13H20N2OS. The number of aromatic nitrogens is 1. The predicted octanol–water partition coefficient (Wildman–Crippen LogP) is 3.08. The Morgan fingerprint density at radius 1 is 1.41 bits per heavy atom. The van der Waals surface area contributed by atoms with Crippen molar-refractivity contribution in [3.8, 4) is 0 Å². The van der Waals surface area contributed by atoms with Crippen LogP contribution >= 0.6 is 11.5 Å². The molecule has 0 saturated heterocycles. The average molecular weight is 252 g/mol. The minimum absolute atomic E-state index is 0.0188. The highest BCUT2D eigenvalue weighted by molar-refractivity contribution is 7.06. The van der Waals surface area contributed by atoms with E-state index in [2.05, 4.69) is 16.6 Å². The van der Waals surface area contributed by atoms with Gasteiger partial charge in [-0.15, -0.1) is 0 Å². The number of hydrogen-bond acceptors (Lipinski definition) is 3.